The molecule has 1 N–H and O–H groups in total. The van der Waals surface area contributed by atoms with Gasteiger partial charge >= 0.3 is 0 Å². The summed E-state index contributed by atoms with van der Waals surface area (Å²) in [4.78, 5) is 27.4. The number of nitrogens with zero attached hydrogens (tertiary/aromatic N) is 4. The fourth-order valence-corrected chi connectivity index (χ4v) is 3.18. The average molecular weight is 387 g/mol. The Kier molecular flexibility index (Phi) is 4.74. The minimum absolute atomic E-state index is 0.202. The molecule has 1 unspecified atom stereocenters. The zero-order valence-corrected chi connectivity index (χ0v) is 15.5. The molecule has 1 atom stereocenters. The number of carbonyl (C=O) groups excluding carboxylic acids is 1. The lowest BCUT2D eigenvalue weighted by Gasteiger charge is -2.15. The fourth-order valence-electron chi connectivity index (χ4n) is 3.18. The van der Waals surface area contributed by atoms with Gasteiger partial charge in [0.25, 0.3) is 11.6 Å². The minimum atomic E-state index is -0.541. The maximum atomic E-state index is 12.7. The number of aromatic nitrogens is 3. The number of hydrogen-bond donors (Lipinski definition) is 1. The summed E-state index contributed by atoms with van der Waals surface area (Å²) in [5, 5.41) is 20.5. The largest absolute Gasteiger partial charge is 0.346 e. The number of nitrogens with one attached hydrogen (secondary N) is 1. The maximum absolute atomic E-state index is 12.7. The Morgan fingerprint density at radius 2 is 1.90 bits per heavy atom. The first-order valence-electron chi connectivity index (χ1n) is 8.96. The molecule has 3 aromatic carbocycles. The van der Waals surface area contributed by atoms with Crippen molar-refractivity contribution in [2.45, 2.75) is 13.0 Å². The second-order valence-corrected chi connectivity index (χ2v) is 6.60. The molecular formula is C21H17N5O3. The summed E-state index contributed by atoms with van der Waals surface area (Å²) in [5.41, 5.74) is 1.17. The molecule has 0 saturated carbocycles. The predicted octanol–water partition coefficient (Wildman–Crippen LogP) is 3.82. The van der Waals surface area contributed by atoms with Gasteiger partial charge in [-0.1, -0.05) is 36.4 Å². The van der Waals surface area contributed by atoms with E-state index in [2.05, 4.69) is 15.4 Å². The Morgan fingerprint density at radius 1 is 1.10 bits per heavy atom. The zero-order chi connectivity index (χ0) is 20.4. The molecule has 0 saturated heterocycles. The Bertz CT molecular complexity index is 1200. The van der Waals surface area contributed by atoms with E-state index in [1.807, 2.05) is 49.4 Å². The van der Waals surface area contributed by atoms with E-state index in [0.717, 1.165) is 16.3 Å². The summed E-state index contributed by atoms with van der Waals surface area (Å²) in [7, 11) is 0. The number of fused-ring (bicyclic) bond motifs is 1. The first kappa shape index (κ1) is 18.3. The molecule has 0 aliphatic rings. The van der Waals surface area contributed by atoms with Gasteiger partial charge in [0.15, 0.2) is 0 Å². The smallest absolute Gasteiger partial charge is 0.295 e. The van der Waals surface area contributed by atoms with E-state index in [1.165, 1.54) is 35.5 Å². The van der Waals surface area contributed by atoms with Crippen molar-refractivity contribution in [3.05, 3.63) is 94.6 Å². The third kappa shape index (κ3) is 3.68. The Balaban J connectivity index is 1.58. The molecule has 1 heterocycles. The molecule has 8 heteroatoms. The van der Waals surface area contributed by atoms with Crippen LogP contribution >= 0.6 is 0 Å². The topological polar surface area (TPSA) is 103 Å². The summed E-state index contributed by atoms with van der Waals surface area (Å²) in [6, 6.07) is 18.0. The van der Waals surface area contributed by atoms with Crippen molar-refractivity contribution in [3.63, 3.8) is 0 Å². The molecule has 144 valence electrons. The highest BCUT2D eigenvalue weighted by atomic mass is 16.6. The lowest BCUT2D eigenvalue weighted by Crippen LogP contribution is -2.26. The van der Waals surface area contributed by atoms with Crippen LogP contribution in [0.4, 0.5) is 5.69 Å². The van der Waals surface area contributed by atoms with Crippen LogP contribution in [0.2, 0.25) is 0 Å². The highest BCUT2D eigenvalue weighted by Crippen LogP contribution is 2.25. The van der Waals surface area contributed by atoms with E-state index < -0.39 is 4.92 Å². The summed E-state index contributed by atoms with van der Waals surface area (Å²) in [6.07, 6.45) is 2.65. The van der Waals surface area contributed by atoms with Crippen LogP contribution in [0.15, 0.2) is 73.3 Å². The normalized spacial score (nSPS) is 11.9. The average Bonchev–Trinajstić information content (AvgIpc) is 3.27. The van der Waals surface area contributed by atoms with E-state index in [1.54, 1.807) is 0 Å². The van der Waals surface area contributed by atoms with Crippen molar-refractivity contribution in [1.29, 1.82) is 0 Å². The van der Waals surface area contributed by atoms with E-state index in [9.17, 15) is 14.9 Å². The highest BCUT2D eigenvalue weighted by Gasteiger charge is 2.20. The lowest BCUT2D eigenvalue weighted by molar-refractivity contribution is -0.384. The van der Waals surface area contributed by atoms with Gasteiger partial charge in [0, 0.05) is 11.6 Å². The van der Waals surface area contributed by atoms with Crippen molar-refractivity contribution in [1.82, 2.24) is 20.1 Å². The second kappa shape index (κ2) is 7.51. The van der Waals surface area contributed by atoms with Gasteiger partial charge in [0.05, 0.1) is 11.0 Å². The highest BCUT2D eigenvalue weighted by molar-refractivity contribution is 5.95. The van der Waals surface area contributed by atoms with Gasteiger partial charge in [-0.3, -0.25) is 14.9 Å². The third-order valence-corrected chi connectivity index (χ3v) is 4.72. The van der Waals surface area contributed by atoms with Crippen molar-refractivity contribution in [3.8, 4) is 5.69 Å². The van der Waals surface area contributed by atoms with Crippen LogP contribution in [-0.4, -0.2) is 25.6 Å². The SMILES string of the molecule is CC(NC(=O)c1ccc(-n2cncn2)c([N+](=O)[O-])c1)c1ccc2ccccc2c1. The molecular weight excluding hydrogens is 370 g/mol. The van der Waals surface area contributed by atoms with Crippen LogP contribution in [0.1, 0.15) is 28.9 Å². The van der Waals surface area contributed by atoms with E-state index in [0.29, 0.717) is 0 Å². The quantitative estimate of drug-likeness (QED) is 0.414. The molecule has 0 aliphatic heterocycles. The Labute approximate surface area is 166 Å². The fraction of sp³-hybridized carbons (Fsp3) is 0.0952. The van der Waals surface area contributed by atoms with Gasteiger partial charge in [-0.25, -0.2) is 9.67 Å². The Hall–Kier alpha value is -4.07. The zero-order valence-electron chi connectivity index (χ0n) is 15.5. The van der Waals surface area contributed by atoms with E-state index in [-0.39, 0.29) is 28.9 Å². The number of hydrogen-bond acceptors (Lipinski definition) is 5. The van der Waals surface area contributed by atoms with Gasteiger partial charge in [-0.2, -0.15) is 5.10 Å². The van der Waals surface area contributed by atoms with Gasteiger partial charge in [0.1, 0.15) is 18.3 Å². The molecule has 4 aromatic rings. The molecule has 0 aliphatic carbocycles. The van der Waals surface area contributed by atoms with Crippen molar-refractivity contribution < 1.29 is 9.72 Å². The van der Waals surface area contributed by atoms with Crippen LogP contribution in [0.3, 0.4) is 0 Å². The predicted molar refractivity (Wildman–Crippen MR) is 108 cm³/mol. The van der Waals surface area contributed by atoms with Gasteiger partial charge in [0.2, 0.25) is 0 Å². The Morgan fingerprint density at radius 3 is 2.62 bits per heavy atom. The van der Waals surface area contributed by atoms with Gasteiger partial charge in [-0.05, 0) is 41.5 Å². The number of rotatable bonds is 5. The van der Waals surface area contributed by atoms with E-state index in [4.69, 9.17) is 0 Å². The van der Waals surface area contributed by atoms with E-state index >= 15 is 0 Å². The van der Waals surface area contributed by atoms with Crippen LogP contribution in [0, 0.1) is 10.1 Å². The number of benzene rings is 3. The molecule has 4 rings (SSSR count). The van der Waals surface area contributed by atoms with Crippen LogP contribution < -0.4 is 5.32 Å². The summed E-state index contributed by atoms with van der Waals surface area (Å²) in [5.74, 6) is -0.390. The van der Waals surface area contributed by atoms with Crippen molar-refractivity contribution in [2.24, 2.45) is 0 Å². The van der Waals surface area contributed by atoms with Crippen molar-refractivity contribution in [2.75, 3.05) is 0 Å². The molecule has 0 bridgehead atoms. The van der Waals surface area contributed by atoms with Crippen LogP contribution in [-0.2, 0) is 0 Å². The number of amides is 1. The molecule has 29 heavy (non-hydrogen) atoms. The van der Waals surface area contributed by atoms with Crippen LogP contribution in [0.5, 0.6) is 0 Å². The first-order valence-corrected chi connectivity index (χ1v) is 8.96. The molecule has 0 spiro atoms. The minimum Gasteiger partial charge on any atom is -0.346 e. The monoisotopic (exact) mass is 387 g/mol. The third-order valence-electron chi connectivity index (χ3n) is 4.72. The number of nitro benzene ring substituents is 1. The molecule has 0 radical (unpaired) electrons. The number of nitro groups is 1. The van der Waals surface area contributed by atoms with Crippen molar-refractivity contribution >= 4 is 22.4 Å². The lowest BCUT2D eigenvalue weighted by atomic mass is 10.0. The second-order valence-electron chi connectivity index (χ2n) is 6.60. The molecule has 8 nitrogen and oxygen atoms in total. The van der Waals surface area contributed by atoms with Gasteiger partial charge < -0.3 is 5.32 Å². The van der Waals surface area contributed by atoms with Gasteiger partial charge in [-0.15, -0.1) is 0 Å². The summed E-state index contributed by atoms with van der Waals surface area (Å²) < 4.78 is 1.29. The van der Waals surface area contributed by atoms with Crippen LogP contribution in [0.25, 0.3) is 16.5 Å². The molecule has 1 amide bonds. The standard InChI is InChI=1S/C21H17N5O3/c1-14(16-7-6-15-4-2-3-5-17(15)10-16)24-21(27)18-8-9-19(20(11-18)26(28)29)25-13-22-12-23-25/h2-14H,1H3,(H,24,27). The summed E-state index contributed by atoms with van der Waals surface area (Å²) in [6.45, 7) is 1.88. The molecule has 1 aromatic heterocycles. The first-order chi connectivity index (χ1) is 14.0. The number of carbonyl (C=O) groups is 1. The molecule has 0 fully saturated rings. The summed E-state index contributed by atoms with van der Waals surface area (Å²) >= 11 is 0. The maximum Gasteiger partial charge on any atom is 0.295 e.